The zero-order chi connectivity index (χ0) is 20.3. The Morgan fingerprint density at radius 2 is 1.93 bits per heavy atom. The van der Waals surface area contributed by atoms with Gasteiger partial charge in [-0.15, -0.1) is 0 Å². The van der Waals surface area contributed by atoms with Crippen molar-refractivity contribution in [1.29, 1.82) is 0 Å². The van der Waals surface area contributed by atoms with Gasteiger partial charge in [0.25, 0.3) is 0 Å². The first kappa shape index (κ1) is 19.8. The Bertz CT molecular complexity index is 1040. The summed E-state index contributed by atoms with van der Waals surface area (Å²) in [7, 11) is 0. The summed E-state index contributed by atoms with van der Waals surface area (Å²) in [5.41, 5.74) is 9.01. The second kappa shape index (κ2) is 8.35. The maximum atomic E-state index is 14.2. The van der Waals surface area contributed by atoms with Crippen LogP contribution in [-0.2, 0) is 11.3 Å². The number of nitrogens with zero attached hydrogens (tertiary/aromatic N) is 1. The summed E-state index contributed by atoms with van der Waals surface area (Å²) in [5.74, 6) is -1.11. The van der Waals surface area contributed by atoms with E-state index < -0.39 is 5.97 Å². The van der Waals surface area contributed by atoms with Gasteiger partial charge in [0, 0.05) is 28.7 Å². The first-order valence-corrected chi connectivity index (χ1v) is 9.06. The Labute approximate surface area is 162 Å². The highest BCUT2D eigenvalue weighted by Gasteiger charge is 2.19. The molecule has 0 aliphatic heterocycles. The molecule has 0 saturated carbocycles. The number of fused-ring (bicyclic) bond motifs is 1. The fourth-order valence-corrected chi connectivity index (χ4v) is 3.35. The van der Waals surface area contributed by atoms with Gasteiger partial charge in [-0.2, -0.15) is 0 Å². The van der Waals surface area contributed by atoms with Crippen LogP contribution in [0.2, 0.25) is 0 Å². The second-order valence-electron chi connectivity index (χ2n) is 6.39. The van der Waals surface area contributed by atoms with Crippen LogP contribution in [0.1, 0.15) is 23.0 Å². The molecule has 6 heteroatoms. The lowest BCUT2D eigenvalue weighted by Crippen LogP contribution is -2.05. The number of carbonyl (C=O) groups excluding carboxylic acids is 1. The number of carbonyl (C=O) groups is 1. The smallest absolute Gasteiger partial charge is 0.338 e. The van der Waals surface area contributed by atoms with Gasteiger partial charge in [0.1, 0.15) is 11.6 Å². The Kier molecular flexibility index (Phi) is 5.90. The van der Waals surface area contributed by atoms with Crippen molar-refractivity contribution >= 4 is 16.9 Å². The number of hydrogen-bond acceptors (Lipinski definition) is 3. The number of benzene rings is 2. The number of esters is 1. The van der Waals surface area contributed by atoms with Crippen LogP contribution < -0.4 is 5.73 Å². The molecule has 0 aliphatic carbocycles. The van der Waals surface area contributed by atoms with E-state index in [2.05, 4.69) is 0 Å². The van der Waals surface area contributed by atoms with Gasteiger partial charge in [-0.1, -0.05) is 12.1 Å². The van der Waals surface area contributed by atoms with Crippen LogP contribution >= 0.6 is 0 Å². The van der Waals surface area contributed by atoms with Crippen molar-refractivity contribution in [3.05, 3.63) is 71.4 Å². The molecule has 0 aliphatic rings. The van der Waals surface area contributed by atoms with Crippen molar-refractivity contribution in [3.8, 4) is 11.1 Å². The molecular formula is C22H22F2N2O2. The average molecular weight is 384 g/mol. The zero-order valence-electron chi connectivity index (χ0n) is 15.8. The number of hydrogen-bond donors (Lipinski definition) is 1. The minimum atomic E-state index is -0.422. The summed E-state index contributed by atoms with van der Waals surface area (Å²) in [6.07, 6.45) is 1.33. The lowest BCUT2D eigenvalue weighted by Gasteiger charge is -2.08. The van der Waals surface area contributed by atoms with Crippen molar-refractivity contribution in [2.45, 2.75) is 20.4 Å². The fraction of sp³-hybridized carbons (Fsp3) is 0.227. The molecule has 0 amide bonds. The molecule has 2 aromatic carbocycles. The Morgan fingerprint density at radius 3 is 2.57 bits per heavy atom. The third kappa shape index (κ3) is 3.82. The third-order valence-electron chi connectivity index (χ3n) is 4.62. The molecule has 0 atom stereocenters. The summed E-state index contributed by atoms with van der Waals surface area (Å²) < 4.78 is 34.5. The maximum absolute atomic E-state index is 14.2. The van der Waals surface area contributed by atoms with Crippen LogP contribution in [0.15, 0.2) is 54.4 Å². The van der Waals surface area contributed by atoms with Gasteiger partial charge in [-0.3, -0.25) is 0 Å². The van der Waals surface area contributed by atoms with Gasteiger partial charge in [0.2, 0.25) is 0 Å². The van der Waals surface area contributed by atoms with Crippen LogP contribution in [0.25, 0.3) is 22.0 Å². The Morgan fingerprint density at radius 1 is 1.21 bits per heavy atom. The molecule has 3 aromatic rings. The second-order valence-corrected chi connectivity index (χ2v) is 6.39. The molecular weight excluding hydrogens is 362 g/mol. The molecule has 1 aromatic heterocycles. The minimum Gasteiger partial charge on any atom is -0.462 e. The van der Waals surface area contributed by atoms with Gasteiger partial charge in [-0.05, 0) is 55.8 Å². The van der Waals surface area contributed by atoms with Crippen LogP contribution in [0.4, 0.5) is 8.78 Å². The van der Waals surface area contributed by atoms with Crippen LogP contribution in [-0.4, -0.2) is 23.7 Å². The molecule has 4 nitrogen and oxygen atoms in total. The van der Waals surface area contributed by atoms with Crippen molar-refractivity contribution in [3.63, 3.8) is 0 Å². The van der Waals surface area contributed by atoms with Gasteiger partial charge in [-0.25, -0.2) is 13.6 Å². The van der Waals surface area contributed by atoms with Gasteiger partial charge >= 0.3 is 5.97 Å². The normalized spacial score (nSPS) is 11.8. The highest BCUT2D eigenvalue weighted by molar-refractivity contribution is 6.02. The van der Waals surface area contributed by atoms with Gasteiger partial charge in [0.05, 0.1) is 18.7 Å². The van der Waals surface area contributed by atoms with Crippen LogP contribution in [0.3, 0.4) is 0 Å². The van der Waals surface area contributed by atoms with Crippen molar-refractivity contribution in [1.82, 2.24) is 4.57 Å². The summed E-state index contributed by atoms with van der Waals surface area (Å²) in [6.45, 7) is 4.03. The van der Waals surface area contributed by atoms with E-state index in [1.54, 1.807) is 37.3 Å². The summed E-state index contributed by atoms with van der Waals surface area (Å²) >= 11 is 0. The zero-order valence-corrected chi connectivity index (χ0v) is 15.8. The van der Waals surface area contributed by atoms with E-state index >= 15 is 0 Å². The van der Waals surface area contributed by atoms with E-state index in [0.29, 0.717) is 5.56 Å². The minimum absolute atomic E-state index is 0.0273. The molecule has 0 spiro atoms. The number of nitrogens with two attached hydrogens (primary N) is 1. The van der Waals surface area contributed by atoms with Gasteiger partial charge < -0.3 is 15.0 Å². The standard InChI is InChI=1S/C22H22F2N2O2/c1-3-28-22(27)16-6-9-20-19(12-16)21(15-4-7-17(23)8-5-15)14(2)26(20)13-18(24)10-11-25/h4-10,12H,3,11,13,25H2,1-2H3/b18-10-. The van der Waals surface area contributed by atoms with E-state index in [4.69, 9.17) is 10.5 Å². The van der Waals surface area contributed by atoms with Crippen molar-refractivity contribution < 1.29 is 18.3 Å². The number of ether oxygens (including phenoxy) is 1. The predicted molar refractivity (Wildman–Crippen MR) is 106 cm³/mol. The predicted octanol–water partition coefficient (Wildman–Crippen LogP) is 4.74. The Balaban J connectivity index is 2.24. The summed E-state index contributed by atoms with van der Waals surface area (Å²) in [5, 5.41) is 0.773. The Hall–Kier alpha value is -2.99. The molecule has 3 rings (SSSR count). The largest absolute Gasteiger partial charge is 0.462 e. The lowest BCUT2D eigenvalue weighted by atomic mass is 10.0. The van der Waals surface area contributed by atoms with E-state index in [1.807, 2.05) is 11.5 Å². The maximum Gasteiger partial charge on any atom is 0.338 e. The third-order valence-corrected chi connectivity index (χ3v) is 4.62. The van der Waals surface area contributed by atoms with Crippen molar-refractivity contribution in [2.75, 3.05) is 13.2 Å². The average Bonchev–Trinajstić information content (AvgIpc) is 2.94. The van der Waals surface area contributed by atoms with E-state index in [-0.39, 0.29) is 31.3 Å². The van der Waals surface area contributed by atoms with E-state index in [1.165, 1.54) is 18.2 Å². The molecule has 0 radical (unpaired) electrons. The number of rotatable bonds is 6. The topological polar surface area (TPSA) is 57.2 Å². The molecule has 1 heterocycles. The monoisotopic (exact) mass is 384 g/mol. The first-order chi connectivity index (χ1) is 13.5. The van der Waals surface area contributed by atoms with Crippen LogP contribution in [0, 0.1) is 12.7 Å². The highest BCUT2D eigenvalue weighted by Crippen LogP contribution is 2.36. The lowest BCUT2D eigenvalue weighted by molar-refractivity contribution is 0.0526. The molecule has 0 bridgehead atoms. The molecule has 0 unspecified atom stereocenters. The number of halogens is 2. The fourth-order valence-electron chi connectivity index (χ4n) is 3.35. The van der Waals surface area contributed by atoms with Gasteiger partial charge in [0.15, 0.2) is 0 Å². The number of aromatic nitrogens is 1. The summed E-state index contributed by atoms with van der Waals surface area (Å²) in [4.78, 5) is 12.2. The molecule has 146 valence electrons. The first-order valence-electron chi connectivity index (χ1n) is 9.06. The van der Waals surface area contributed by atoms with Crippen molar-refractivity contribution in [2.24, 2.45) is 5.73 Å². The quantitative estimate of drug-likeness (QED) is 0.624. The van der Waals surface area contributed by atoms with E-state index in [9.17, 15) is 13.6 Å². The summed E-state index contributed by atoms with van der Waals surface area (Å²) in [6, 6.07) is 11.3. The molecule has 28 heavy (non-hydrogen) atoms. The van der Waals surface area contributed by atoms with Crippen LogP contribution in [0.5, 0.6) is 0 Å². The molecule has 0 saturated heterocycles. The highest BCUT2D eigenvalue weighted by atomic mass is 19.1. The molecule has 0 fully saturated rings. The molecule has 2 N–H and O–H groups in total. The number of allylic oxidation sites excluding steroid dienone is 1. The van der Waals surface area contributed by atoms with E-state index in [0.717, 1.165) is 27.7 Å². The SMILES string of the molecule is CCOC(=O)c1ccc2c(c1)c(-c1ccc(F)cc1)c(C)n2C/C(F)=C/CN.